The van der Waals surface area contributed by atoms with Gasteiger partial charge in [0.25, 0.3) is 10.0 Å². The van der Waals surface area contributed by atoms with Crippen LogP contribution in [-0.4, -0.2) is 31.7 Å². The number of aryl methyl sites for hydroxylation is 1. The Labute approximate surface area is 177 Å². The molecule has 1 heterocycles. The highest BCUT2D eigenvalue weighted by Crippen LogP contribution is 2.30. The Bertz CT molecular complexity index is 1160. The normalized spacial score (nSPS) is 16.4. The average molecular weight is 421 g/mol. The summed E-state index contributed by atoms with van der Waals surface area (Å²) in [6, 6.07) is 24.1. The van der Waals surface area contributed by atoms with Gasteiger partial charge in [-0.05, 0) is 43.2 Å². The number of sulfonamides is 1. The van der Waals surface area contributed by atoms with Crippen molar-refractivity contribution in [2.45, 2.75) is 30.7 Å². The van der Waals surface area contributed by atoms with Gasteiger partial charge in [-0.3, -0.25) is 0 Å². The smallest absolute Gasteiger partial charge is 0.279 e. The molecule has 0 saturated carbocycles. The maximum Gasteiger partial charge on any atom is 0.279 e. The third kappa shape index (κ3) is 4.09. The second-order valence-corrected chi connectivity index (χ2v) is 9.21. The molecule has 0 radical (unpaired) electrons. The molecule has 1 aliphatic heterocycles. The fourth-order valence-corrected chi connectivity index (χ4v) is 5.07. The van der Waals surface area contributed by atoms with E-state index in [0.717, 1.165) is 28.2 Å². The molecule has 5 nitrogen and oxygen atoms in total. The molecule has 1 aliphatic rings. The lowest BCUT2D eigenvalue weighted by Crippen LogP contribution is -2.34. The minimum atomic E-state index is -3.77. The lowest BCUT2D eigenvalue weighted by molar-refractivity contribution is 0.361. The SMILES string of the molecule is COc1cccc(C2=NN(S(=O)(=O)c3ccc(C)cc3)C(Cc3ccccc3)C2)c1. The molecule has 6 heteroatoms. The molecule has 0 aromatic heterocycles. The summed E-state index contributed by atoms with van der Waals surface area (Å²) in [4.78, 5) is 0.252. The molecule has 0 aliphatic carbocycles. The van der Waals surface area contributed by atoms with Crippen molar-refractivity contribution in [2.75, 3.05) is 7.11 Å². The van der Waals surface area contributed by atoms with E-state index < -0.39 is 10.0 Å². The highest BCUT2D eigenvalue weighted by molar-refractivity contribution is 7.89. The Kier molecular flexibility index (Phi) is 5.59. The van der Waals surface area contributed by atoms with Crippen LogP contribution in [0.2, 0.25) is 0 Å². The van der Waals surface area contributed by atoms with Crippen LogP contribution in [0.3, 0.4) is 0 Å². The van der Waals surface area contributed by atoms with E-state index in [9.17, 15) is 8.42 Å². The third-order valence-corrected chi connectivity index (χ3v) is 6.98. The molecule has 0 amide bonds. The Hall–Kier alpha value is -3.12. The summed E-state index contributed by atoms with van der Waals surface area (Å²) in [5.74, 6) is 0.717. The summed E-state index contributed by atoms with van der Waals surface area (Å²) in [6.07, 6.45) is 1.12. The van der Waals surface area contributed by atoms with Crippen LogP contribution in [0.4, 0.5) is 0 Å². The minimum Gasteiger partial charge on any atom is -0.497 e. The molecule has 4 rings (SSSR count). The van der Waals surface area contributed by atoms with E-state index in [4.69, 9.17) is 4.74 Å². The number of benzene rings is 3. The molecule has 1 atom stereocenters. The average Bonchev–Trinajstić information content (AvgIpc) is 3.19. The van der Waals surface area contributed by atoms with E-state index in [0.29, 0.717) is 12.8 Å². The molecule has 3 aromatic rings. The van der Waals surface area contributed by atoms with E-state index in [1.165, 1.54) is 4.41 Å². The van der Waals surface area contributed by atoms with Crippen molar-refractivity contribution in [3.63, 3.8) is 0 Å². The Balaban J connectivity index is 1.73. The largest absolute Gasteiger partial charge is 0.497 e. The van der Waals surface area contributed by atoms with Crippen molar-refractivity contribution >= 4 is 15.7 Å². The topological polar surface area (TPSA) is 59.0 Å². The summed E-state index contributed by atoms with van der Waals surface area (Å²) in [5.41, 5.74) is 3.70. The third-order valence-electron chi connectivity index (χ3n) is 5.24. The van der Waals surface area contributed by atoms with Crippen LogP contribution in [-0.2, 0) is 16.4 Å². The molecule has 154 valence electrons. The molecule has 0 saturated heterocycles. The van der Waals surface area contributed by atoms with Crippen LogP contribution in [0, 0.1) is 6.92 Å². The Morgan fingerprint density at radius 2 is 1.73 bits per heavy atom. The second kappa shape index (κ2) is 8.32. The van der Waals surface area contributed by atoms with E-state index in [-0.39, 0.29) is 10.9 Å². The zero-order chi connectivity index (χ0) is 21.1. The highest BCUT2D eigenvalue weighted by Gasteiger charge is 2.36. The second-order valence-electron chi connectivity index (χ2n) is 7.42. The molecular weight excluding hydrogens is 396 g/mol. The first-order valence-electron chi connectivity index (χ1n) is 9.84. The van der Waals surface area contributed by atoms with Crippen molar-refractivity contribution < 1.29 is 13.2 Å². The van der Waals surface area contributed by atoms with Crippen molar-refractivity contribution in [3.8, 4) is 5.75 Å². The number of hydrazone groups is 1. The summed E-state index contributed by atoms with van der Waals surface area (Å²) < 4.78 is 33.5. The van der Waals surface area contributed by atoms with Crippen LogP contribution in [0.1, 0.15) is 23.1 Å². The van der Waals surface area contributed by atoms with Gasteiger partial charge in [0.15, 0.2) is 0 Å². The first kappa shape index (κ1) is 20.2. The van der Waals surface area contributed by atoms with Gasteiger partial charge in [-0.1, -0.05) is 60.2 Å². The monoisotopic (exact) mass is 420 g/mol. The molecule has 0 N–H and O–H groups in total. The maximum absolute atomic E-state index is 13.4. The standard InChI is InChI=1S/C24H24N2O3S/c1-18-11-13-23(14-12-18)30(27,28)26-21(15-19-7-4-3-5-8-19)17-24(25-26)20-9-6-10-22(16-20)29-2/h3-14,16,21H,15,17H2,1-2H3. The van der Waals surface area contributed by atoms with Gasteiger partial charge < -0.3 is 4.74 Å². The highest BCUT2D eigenvalue weighted by atomic mass is 32.2. The molecule has 3 aromatic carbocycles. The number of rotatable bonds is 6. The first-order chi connectivity index (χ1) is 14.5. The lowest BCUT2D eigenvalue weighted by Gasteiger charge is -2.23. The number of hydrogen-bond donors (Lipinski definition) is 0. The summed E-state index contributed by atoms with van der Waals surface area (Å²) in [7, 11) is -2.15. The van der Waals surface area contributed by atoms with Gasteiger partial charge in [0.2, 0.25) is 0 Å². The van der Waals surface area contributed by atoms with Gasteiger partial charge in [-0.2, -0.15) is 17.9 Å². The predicted molar refractivity (Wildman–Crippen MR) is 118 cm³/mol. The first-order valence-corrected chi connectivity index (χ1v) is 11.3. The number of methoxy groups -OCH3 is 1. The van der Waals surface area contributed by atoms with E-state index >= 15 is 0 Å². The van der Waals surface area contributed by atoms with Crippen LogP contribution in [0.25, 0.3) is 0 Å². The fraction of sp³-hybridized carbons (Fsp3) is 0.208. The van der Waals surface area contributed by atoms with E-state index in [1.54, 1.807) is 19.2 Å². The van der Waals surface area contributed by atoms with Crippen LogP contribution in [0.15, 0.2) is 88.9 Å². The van der Waals surface area contributed by atoms with Crippen molar-refractivity contribution in [2.24, 2.45) is 5.10 Å². The van der Waals surface area contributed by atoms with Gasteiger partial charge in [-0.25, -0.2) is 0 Å². The van der Waals surface area contributed by atoms with Gasteiger partial charge in [-0.15, -0.1) is 0 Å². The van der Waals surface area contributed by atoms with Crippen molar-refractivity contribution in [1.29, 1.82) is 0 Å². The molecule has 0 fully saturated rings. The van der Waals surface area contributed by atoms with Crippen LogP contribution >= 0.6 is 0 Å². The number of nitrogens with zero attached hydrogens (tertiary/aromatic N) is 2. The minimum absolute atomic E-state index is 0.252. The van der Waals surface area contributed by atoms with Crippen molar-refractivity contribution in [3.05, 3.63) is 95.6 Å². The molecular formula is C24H24N2O3S. The fourth-order valence-electron chi connectivity index (χ4n) is 3.63. The molecule has 0 spiro atoms. The van der Waals surface area contributed by atoms with Gasteiger partial charge in [0, 0.05) is 12.0 Å². The van der Waals surface area contributed by atoms with Crippen LogP contribution in [0.5, 0.6) is 5.75 Å². The molecule has 30 heavy (non-hydrogen) atoms. The van der Waals surface area contributed by atoms with Gasteiger partial charge >= 0.3 is 0 Å². The van der Waals surface area contributed by atoms with E-state index in [1.807, 2.05) is 73.7 Å². The van der Waals surface area contributed by atoms with Gasteiger partial charge in [0.1, 0.15) is 5.75 Å². The van der Waals surface area contributed by atoms with Crippen molar-refractivity contribution in [1.82, 2.24) is 4.41 Å². The predicted octanol–water partition coefficient (Wildman–Crippen LogP) is 4.41. The molecule has 1 unspecified atom stereocenters. The Morgan fingerprint density at radius 3 is 2.43 bits per heavy atom. The maximum atomic E-state index is 13.4. The lowest BCUT2D eigenvalue weighted by atomic mass is 9.99. The van der Waals surface area contributed by atoms with Crippen LogP contribution < -0.4 is 4.74 Å². The van der Waals surface area contributed by atoms with Gasteiger partial charge in [0.05, 0.1) is 23.8 Å². The summed E-state index contributed by atoms with van der Waals surface area (Å²) in [6.45, 7) is 1.93. The zero-order valence-corrected chi connectivity index (χ0v) is 17.8. The number of hydrogen-bond acceptors (Lipinski definition) is 4. The zero-order valence-electron chi connectivity index (χ0n) is 17.0. The summed E-state index contributed by atoms with van der Waals surface area (Å²) in [5, 5.41) is 4.59. The quantitative estimate of drug-likeness (QED) is 0.593. The number of ether oxygens (including phenoxy) is 1. The molecule has 0 bridgehead atoms. The Morgan fingerprint density at radius 1 is 1.00 bits per heavy atom. The van der Waals surface area contributed by atoms with E-state index in [2.05, 4.69) is 5.10 Å². The summed E-state index contributed by atoms with van der Waals surface area (Å²) >= 11 is 0.